The summed E-state index contributed by atoms with van der Waals surface area (Å²) in [4.78, 5) is 14.7. The van der Waals surface area contributed by atoms with E-state index in [9.17, 15) is 17.6 Å². The van der Waals surface area contributed by atoms with Gasteiger partial charge in [0, 0.05) is 26.2 Å². The van der Waals surface area contributed by atoms with Crippen molar-refractivity contribution in [1.82, 2.24) is 4.31 Å². The molecule has 7 nitrogen and oxygen atoms in total. The van der Waals surface area contributed by atoms with Gasteiger partial charge in [0.15, 0.2) is 6.61 Å². The highest BCUT2D eigenvalue weighted by Gasteiger charge is 2.24. The van der Waals surface area contributed by atoms with Gasteiger partial charge in [-0.3, -0.25) is 4.79 Å². The summed E-state index contributed by atoms with van der Waals surface area (Å²) < 4.78 is 45.6. The number of ether oxygens (including phenoxy) is 1. The van der Waals surface area contributed by atoms with Crippen molar-refractivity contribution in [2.24, 2.45) is 0 Å². The number of hydrogen-bond acceptors (Lipinski definition) is 5. The molecule has 2 aromatic rings. The molecule has 1 amide bonds. The number of nitrogens with one attached hydrogen (secondary N) is 1. The number of amides is 1. The Kier molecular flexibility index (Phi) is 8.82. The average molecular weight is 452 g/mol. The van der Waals surface area contributed by atoms with E-state index in [-0.39, 0.29) is 11.5 Å². The normalized spacial score (nSPS) is 11.4. The molecule has 0 aromatic heterocycles. The third-order valence-electron chi connectivity index (χ3n) is 4.87. The molecule has 0 radical (unpaired) electrons. The summed E-state index contributed by atoms with van der Waals surface area (Å²) in [5, 5.41) is 2.77. The summed E-state index contributed by atoms with van der Waals surface area (Å²) in [6, 6.07) is 10.1. The van der Waals surface area contributed by atoms with Crippen LogP contribution in [0.15, 0.2) is 47.4 Å². The Labute approximate surface area is 183 Å². The molecule has 0 aliphatic heterocycles. The van der Waals surface area contributed by atoms with Gasteiger partial charge in [0.2, 0.25) is 10.0 Å². The van der Waals surface area contributed by atoms with E-state index in [4.69, 9.17) is 4.74 Å². The van der Waals surface area contributed by atoms with Crippen LogP contribution in [0.25, 0.3) is 0 Å². The molecule has 9 heteroatoms. The highest BCUT2D eigenvalue weighted by Crippen LogP contribution is 2.30. The number of carbonyl (C=O) groups excluding carboxylic acids is 1. The number of benzene rings is 2. The Hall–Kier alpha value is -2.65. The van der Waals surface area contributed by atoms with Crippen LogP contribution in [-0.2, 0) is 14.8 Å². The van der Waals surface area contributed by atoms with Gasteiger partial charge in [-0.1, -0.05) is 13.8 Å². The third kappa shape index (κ3) is 6.18. The molecule has 0 heterocycles. The molecule has 0 unspecified atom stereocenters. The summed E-state index contributed by atoms with van der Waals surface area (Å²) in [5.74, 6) is -0.486. The fourth-order valence-electron chi connectivity index (χ4n) is 3.19. The Bertz CT molecular complexity index is 973. The molecule has 0 fully saturated rings. The number of rotatable bonds is 11. The molecule has 0 spiro atoms. The molecule has 2 rings (SSSR count). The third-order valence-corrected chi connectivity index (χ3v) is 6.92. The van der Waals surface area contributed by atoms with Gasteiger partial charge in [-0.05, 0) is 56.3 Å². The van der Waals surface area contributed by atoms with Crippen LogP contribution in [0.2, 0.25) is 0 Å². The minimum absolute atomic E-state index is 0.113. The fourth-order valence-corrected chi connectivity index (χ4v) is 4.68. The molecule has 0 saturated carbocycles. The van der Waals surface area contributed by atoms with Gasteiger partial charge in [0.1, 0.15) is 11.6 Å². The van der Waals surface area contributed by atoms with Crippen LogP contribution < -0.4 is 15.0 Å². The number of carbonyl (C=O) groups is 1. The molecule has 1 N–H and O–H groups in total. The standard InChI is InChI=1S/C22H30FN3O4S/c1-5-25(6-2)21-14-13-19(31(28,29)26(7-3)8-4)15-20(21)24-22(27)16-30-18-11-9-17(23)10-12-18/h9-15H,5-8,16H2,1-4H3,(H,24,27). The van der Waals surface area contributed by atoms with Gasteiger partial charge < -0.3 is 15.0 Å². The van der Waals surface area contributed by atoms with Crippen LogP contribution in [0.5, 0.6) is 5.75 Å². The SMILES string of the molecule is CCN(CC)c1ccc(S(=O)(=O)N(CC)CC)cc1NC(=O)COc1ccc(F)cc1. The second-order valence-corrected chi connectivity index (χ2v) is 8.67. The zero-order chi connectivity index (χ0) is 23.0. The van der Waals surface area contributed by atoms with E-state index in [0.717, 1.165) is 5.69 Å². The van der Waals surface area contributed by atoms with E-state index in [1.807, 2.05) is 18.7 Å². The first-order chi connectivity index (χ1) is 14.8. The number of anilines is 2. The van der Waals surface area contributed by atoms with Crippen LogP contribution in [0.4, 0.5) is 15.8 Å². The molecule has 2 aromatic carbocycles. The van der Waals surface area contributed by atoms with E-state index in [2.05, 4.69) is 5.32 Å². The monoisotopic (exact) mass is 451 g/mol. The second-order valence-electron chi connectivity index (χ2n) is 6.73. The second kappa shape index (κ2) is 11.1. The van der Waals surface area contributed by atoms with Gasteiger partial charge in [-0.2, -0.15) is 4.31 Å². The number of hydrogen-bond donors (Lipinski definition) is 1. The average Bonchev–Trinajstić information content (AvgIpc) is 2.75. The summed E-state index contributed by atoms with van der Waals surface area (Å²) in [5.41, 5.74) is 1.11. The van der Waals surface area contributed by atoms with Crippen molar-refractivity contribution >= 4 is 27.3 Å². The predicted octanol–water partition coefficient (Wildman–Crippen LogP) is 3.72. The molecule has 0 bridgehead atoms. The largest absolute Gasteiger partial charge is 0.484 e. The maximum Gasteiger partial charge on any atom is 0.262 e. The maximum atomic E-state index is 13.0. The Morgan fingerprint density at radius 2 is 1.58 bits per heavy atom. The molecule has 0 atom stereocenters. The lowest BCUT2D eigenvalue weighted by molar-refractivity contribution is -0.118. The summed E-state index contributed by atoms with van der Waals surface area (Å²) >= 11 is 0. The highest BCUT2D eigenvalue weighted by atomic mass is 32.2. The van der Waals surface area contributed by atoms with Gasteiger partial charge in [0.05, 0.1) is 16.3 Å². The van der Waals surface area contributed by atoms with Crippen LogP contribution in [0.1, 0.15) is 27.7 Å². The lowest BCUT2D eigenvalue weighted by Gasteiger charge is -2.26. The Balaban J connectivity index is 2.30. The first-order valence-corrected chi connectivity index (χ1v) is 11.8. The highest BCUT2D eigenvalue weighted by molar-refractivity contribution is 7.89. The number of halogens is 1. The topological polar surface area (TPSA) is 79.0 Å². The van der Waals surface area contributed by atoms with Crippen molar-refractivity contribution in [3.63, 3.8) is 0 Å². The van der Waals surface area contributed by atoms with E-state index >= 15 is 0 Å². The first-order valence-electron chi connectivity index (χ1n) is 10.3. The predicted molar refractivity (Wildman–Crippen MR) is 121 cm³/mol. The molecular weight excluding hydrogens is 421 g/mol. The van der Waals surface area contributed by atoms with E-state index < -0.39 is 21.7 Å². The van der Waals surface area contributed by atoms with Gasteiger partial charge >= 0.3 is 0 Å². The van der Waals surface area contributed by atoms with Gasteiger partial charge in [-0.15, -0.1) is 0 Å². The summed E-state index contributed by atoms with van der Waals surface area (Å²) in [6.07, 6.45) is 0. The summed E-state index contributed by atoms with van der Waals surface area (Å²) in [6.45, 7) is 9.30. The van der Waals surface area contributed by atoms with Crippen molar-refractivity contribution < 1.29 is 22.3 Å². The Morgan fingerprint density at radius 1 is 0.968 bits per heavy atom. The van der Waals surface area contributed by atoms with Crippen LogP contribution >= 0.6 is 0 Å². The molecule has 0 saturated heterocycles. The van der Waals surface area contributed by atoms with Crippen LogP contribution in [0, 0.1) is 5.82 Å². The van der Waals surface area contributed by atoms with E-state index in [0.29, 0.717) is 37.6 Å². The quantitative estimate of drug-likeness (QED) is 0.563. The van der Waals surface area contributed by atoms with Crippen molar-refractivity contribution in [1.29, 1.82) is 0 Å². The van der Waals surface area contributed by atoms with Crippen molar-refractivity contribution in [3.8, 4) is 5.75 Å². The fraction of sp³-hybridized carbons (Fsp3) is 0.409. The minimum atomic E-state index is -3.68. The van der Waals surface area contributed by atoms with E-state index in [1.54, 1.807) is 26.0 Å². The smallest absolute Gasteiger partial charge is 0.262 e. The number of nitrogens with zero attached hydrogens (tertiary/aromatic N) is 2. The number of sulfonamides is 1. The van der Waals surface area contributed by atoms with Crippen molar-refractivity contribution in [2.75, 3.05) is 43.0 Å². The zero-order valence-electron chi connectivity index (χ0n) is 18.4. The zero-order valence-corrected chi connectivity index (χ0v) is 19.2. The molecular formula is C22H30FN3O4S. The summed E-state index contributed by atoms with van der Waals surface area (Å²) in [7, 11) is -3.68. The molecule has 0 aliphatic carbocycles. The maximum absolute atomic E-state index is 13.0. The Morgan fingerprint density at radius 3 is 2.13 bits per heavy atom. The van der Waals surface area contributed by atoms with Gasteiger partial charge in [0.25, 0.3) is 5.91 Å². The van der Waals surface area contributed by atoms with Gasteiger partial charge in [-0.25, -0.2) is 12.8 Å². The van der Waals surface area contributed by atoms with Crippen LogP contribution in [-0.4, -0.2) is 51.4 Å². The minimum Gasteiger partial charge on any atom is -0.484 e. The van der Waals surface area contributed by atoms with Crippen molar-refractivity contribution in [3.05, 3.63) is 48.3 Å². The lowest BCUT2D eigenvalue weighted by atomic mass is 10.2. The first kappa shape index (κ1) is 24.6. The lowest BCUT2D eigenvalue weighted by Crippen LogP contribution is -2.31. The van der Waals surface area contributed by atoms with E-state index in [1.165, 1.54) is 34.6 Å². The van der Waals surface area contributed by atoms with Crippen LogP contribution in [0.3, 0.4) is 0 Å². The molecule has 0 aliphatic rings. The molecule has 170 valence electrons. The van der Waals surface area contributed by atoms with Crippen molar-refractivity contribution in [2.45, 2.75) is 32.6 Å². The molecule has 31 heavy (non-hydrogen) atoms.